The van der Waals surface area contributed by atoms with E-state index in [9.17, 15) is 0 Å². The van der Waals surface area contributed by atoms with Crippen LogP contribution in [0, 0.1) is 0 Å². The second-order valence-electron chi connectivity index (χ2n) is 3.36. The van der Waals surface area contributed by atoms with Crippen LogP contribution in [0.2, 0.25) is 5.82 Å². The fourth-order valence-corrected chi connectivity index (χ4v) is 1.30. The molecule has 0 aromatic rings. The molecular weight excluding hydrogens is 159 g/mol. The standard InChI is InChI=1S/C7H13BO4/c1-5(2)8-11-6-7(12-8)10-4-3-9-6/h5-7H,3-4H2,1-2H3. The Kier molecular flexibility index (Phi) is 2.36. The van der Waals surface area contributed by atoms with Crippen LogP contribution in [0.4, 0.5) is 0 Å². The molecule has 4 nitrogen and oxygen atoms in total. The van der Waals surface area contributed by atoms with E-state index in [0.717, 1.165) is 0 Å². The van der Waals surface area contributed by atoms with E-state index in [1.807, 2.05) is 13.8 Å². The number of hydrogen-bond donors (Lipinski definition) is 0. The minimum Gasteiger partial charge on any atom is -0.381 e. The Morgan fingerprint density at radius 2 is 1.58 bits per heavy atom. The van der Waals surface area contributed by atoms with Crippen LogP contribution in [0.1, 0.15) is 13.8 Å². The van der Waals surface area contributed by atoms with Crippen LogP contribution in [0.25, 0.3) is 0 Å². The van der Waals surface area contributed by atoms with E-state index in [1.54, 1.807) is 0 Å². The van der Waals surface area contributed by atoms with E-state index in [-0.39, 0.29) is 19.7 Å². The van der Waals surface area contributed by atoms with Crippen LogP contribution in [-0.4, -0.2) is 32.9 Å². The number of ether oxygens (including phenoxy) is 2. The van der Waals surface area contributed by atoms with Gasteiger partial charge in [-0.1, -0.05) is 13.8 Å². The van der Waals surface area contributed by atoms with Gasteiger partial charge in [-0.2, -0.15) is 0 Å². The van der Waals surface area contributed by atoms with Gasteiger partial charge in [0.1, 0.15) is 0 Å². The largest absolute Gasteiger partial charge is 0.463 e. The first kappa shape index (κ1) is 8.50. The zero-order valence-corrected chi connectivity index (χ0v) is 7.36. The first-order valence-corrected chi connectivity index (χ1v) is 4.31. The van der Waals surface area contributed by atoms with Crippen LogP contribution in [0.3, 0.4) is 0 Å². The highest BCUT2D eigenvalue weighted by Gasteiger charge is 2.44. The highest BCUT2D eigenvalue weighted by atomic mass is 16.8. The molecule has 2 aliphatic heterocycles. The van der Waals surface area contributed by atoms with E-state index >= 15 is 0 Å². The van der Waals surface area contributed by atoms with Crippen molar-refractivity contribution in [2.24, 2.45) is 0 Å². The monoisotopic (exact) mass is 172 g/mol. The molecule has 2 aliphatic rings. The van der Waals surface area contributed by atoms with Gasteiger partial charge in [0.2, 0.25) is 0 Å². The van der Waals surface area contributed by atoms with Gasteiger partial charge in [0.25, 0.3) is 0 Å². The van der Waals surface area contributed by atoms with Gasteiger partial charge in [-0.15, -0.1) is 0 Å². The van der Waals surface area contributed by atoms with Crippen LogP contribution < -0.4 is 0 Å². The quantitative estimate of drug-likeness (QED) is 0.543. The molecule has 2 saturated heterocycles. The van der Waals surface area contributed by atoms with Crippen molar-refractivity contribution in [2.75, 3.05) is 13.2 Å². The summed E-state index contributed by atoms with van der Waals surface area (Å²) >= 11 is 0. The molecule has 0 spiro atoms. The van der Waals surface area contributed by atoms with Crippen molar-refractivity contribution in [2.45, 2.75) is 32.2 Å². The summed E-state index contributed by atoms with van der Waals surface area (Å²) in [7, 11) is -0.182. The van der Waals surface area contributed by atoms with Gasteiger partial charge in [0.05, 0.1) is 13.2 Å². The number of fused-ring (bicyclic) bond motifs is 1. The summed E-state index contributed by atoms with van der Waals surface area (Å²) in [5, 5.41) is 0. The van der Waals surface area contributed by atoms with E-state index in [1.165, 1.54) is 0 Å². The number of rotatable bonds is 1. The van der Waals surface area contributed by atoms with Crippen molar-refractivity contribution in [1.82, 2.24) is 0 Å². The molecule has 12 heavy (non-hydrogen) atoms. The fourth-order valence-electron chi connectivity index (χ4n) is 1.30. The molecule has 2 atom stereocenters. The molecule has 68 valence electrons. The summed E-state index contributed by atoms with van der Waals surface area (Å²) in [4.78, 5) is 0. The SMILES string of the molecule is CC(C)B1OC2OCCOC2O1. The molecule has 0 N–H and O–H groups in total. The molecule has 0 bridgehead atoms. The average Bonchev–Trinajstić information content (AvgIpc) is 2.46. The molecule has 5 heteroatoms. The lowest BCUT2D eigenvalue weighted by molar-refractivity contribution is -0.239. The summed E-state index contributed by atoms with van der Waals surface area (Å²) in [6.07, 6.45) is -0.628. The zero-order valence-electron chi connectivity index (χ0n) is 7.36. The predicted molar refractivity (Wildman–Crippen MR) is 42.5 cm³/mol. The van der Waals surface area contributed by atoms with Gasteiger partial charge in [-0.3, -0.25) is 0 Å². The van der Waals surface area contributed by atoms with Crippen molar-refractivity contribution in [3.05, 3.63) is 0 Å². The van der Waals surface area contributed by atoms with Gasteiger partial charge < -0.3 is 18.8 Å². The lowest BCUT2D eigenvalue weighted by Gasteiger charge is -2.23. The summed E-state index contributed by atoms with van der Waals surface area (Å²) in [6, 6.07) is 0. The maximum Gasteiger partial charge on any atom is 0.463 e. The Balaban J connectivity index is 1.94. The van der Waals surface area contributed by atoms with Crippen molar-refractivity contribution in [3.8, 4) is 0 Å². The molecule has 2 rings (SSSR count). The van der Waals surface area contributed by atoms with Crippen LogP contribution in [0.5, 0.6) is 0 Å². The first-order valence-electron chi connectivity index (χ1n) is 4.31. The van der Waals surface area contributed by atoms with E-state index in [0.29, 0.717) is 19.0 Å². The third-order valence-corrected chi connectivity index (χ3v) is 1.95. The predicted octanol–water partition coefficient (Wildman–Crippen LogP) is 0.630. The number of hydrogen-bond acceptors (Lipinski definition) is 4. The Morgan fingerprint density at radius 3 is 2.00 bits per heavy atom. The van der Waals surface area contributed by atoms with Crippen LogP contribution in [0.15, 0.2) is 0 Å². The Hall–Kier alpha value is -0.0951. The third-order valence-electron chi connectivity index (χ3n) is 1.95. The van der Waals surface area contributed by atoms with Gasteiger partial charge in [-0.25, -0.2) is 0 Å². The van der Waals surface area contributed by atoms with Gasteiger partial charge in [0, 0.05) is 0 Å². The molecular formula is C7H13BO4. The van der Waals surface area contributed by atoms with Crippen LogP contribution >= 0.6 is 0 Å². The lowest BCUT2D eigenvalue weighted by Crippen LogP contribution is -2.35. The molecule has 2 heterocycles. The maximum atomic E-state index is 5.46. The van der Waals surface area contributed by atoms with Gasteiger partial charge in [-0.05, 0) is 5.82 Å². The van der Waals surface area contributed by atoms with Crippen molar-refractivity contribution in [3.63, 3.8) is 0 Å². The summed E-state index contributed by atoms with van der Waals surface area (Å²) in [6.45, 7) is 5.27. The zero-order chi connectivity index (χ0) is 8.55. The fraction of sp³-hybridized carbons (Fsp3) is 1.00. The minimum absolute atomic E-state index is 0.182. The van der Waals surface area contributed by atoms with Gasteiger partial charge >= 0.3 is 7.12 Å². The van der Waals surface area contributed by atoms with Gasteiger partial charge in [0.15, 0.2) is 12.6 Å². The molecule has 0 aromatic heterocycles. The van der Waals surface area contributed by atoms with Crippen LogP contribution in [-0.2, 0) is 18.8 Å². The lowest BCUT2D eigenvalue weighted by atomic mass is 9.75. The molecule has 0 amide bonds. The topological polar surface area (TPSA) is 36.9 Å². The molecule has 0 aliphatic carbocycles. The summed E-state index contributed by atoms with van der Waals surface area (Å²) in [5.74, 6) is 0.336. The van der Waals surface area contributed by atoms with E-state index < -0.39 is 0 Å². The van der Waals surface area contributed by atoms with E-state index in [4.69, 9.17) is 18.8 Å². The Bertz CT molecular complexity index is 149. The second-order valence-corrected chi connectivity index (χ2v) is 3.36. The first-order chi connectivity index (χ1) is 5.77. The van der Waals surface area contributed by atoms with Crippen molar-refractivity contribution in [1.29, 1.82) is 0 Å². The Morgan fingerprint density at radius 1 is 1.08 bits per heavy atom. The minimum atomic E-state index is -0.314. The molecule has 2 unspecified atom stereocenters. The molecule has 0 aromatic carbocycles. The average molecular weight is 172 g/mol. The summed E-state index contributed by atoms with van der Waals surface area (Å²) < 4.78 is 21.5. The smallest absolute Gasteiger partial charge is 0.381 e. The second kappa shape index (κ2) is 3.34. The molecule has 2 fully saturated rings. The summed E-state index contributed by atoms with van der Waals surface area (Å²) in [5.41, 5.74) is 0. The maximum absolute atomic E-state index is 5.46. The van der Waals surface area contributed by atoms with Crippen molar-refractivity contribution >= 4 is 7.12 Å². The third kappa shape index (κ3) is 1.50. The highest BCUT2D eigenvalue weighted by molar-refractivity contribution is 6.46. The van der Waals surface area contributed by atoms with E-state index in [2.05, 4.69) is 0 Å². The Labute approximate surface area is 72.3 Å². The molecule has 0 saturated carbocycles. The van der Waals surface area contributed by atoms with Crippen molar-refractivity contribution < 1.29 is 18.8 Å². The highest BCUT2D eigenvalue weighted by Crippen LogP contribution is 2.27. The normalized spacial score (nSPS) is 35.8. The molecule has 0 radical (unpaired) electrons.